The van der Waals surface area contributed by atoms with Gasteiger partial charge in [-0.1, -0.05) is 23.5 Å². The summed E-state index contributed by atoms with van der Waals surface area (Å²) in [6.45, 7) is 0. The van der Waals surface area contributed by atoms with E-state index in [9.17, 15) is 5.11 Å². The van der Waals surface area contributed by atoms with Crippen LogP contribution in [0.2, 0.25) is 0 Å². The van der Waals surface area contributed by atoms with E-state index >= 15 is 0 Å². The molecule has 1 heterocycles. The molecule has 0 saturated heterocycles. The van der Waals surface area contributed by atoms with E-state index in [1.807, 2.05) is 6.07 Å². The van der Waals surface area contributed by atoms with Gasteiger partial charge < -0.3 is 5.11 Å². The summed E-state index contributed by atoms with van der Waals surface area (Å²) < 4.78 is 0. The highest BCUT2D eigenvalue weighted by atomic mass is 35.5. The molecule has 1 N–H and O–H groups in total. The molecule has 0 aliphatic rings. The molecule has 3 nitrogen and oxygen atoms in total. The van der Waals surface area contributed by atoms with Gasteiger partial charge in [0.2, 0.25) is 0 Å². The summed E-state index contributed by atoms with van der Waals surface area (Å²) in [5.74, 6) is 0.598. The summed E-state index contributed by atoms with van der Waals surface area (Å²) >= 11 is 7.05. The number of hydrogen-bond acceptors (Lipinski definition) is 4. The Morgan fingerprint density at radius 1 is 1.36 bits per heavy atom. The van der Waals surface area contributed by atoms with Gasteiger partial charge in [0.25, 0.3) is 0 Å². The summed E-state index contributed by atoms with van der Waals surface area (Å²) in [7, 11) is 0. The topological polar surface area (TPSA) is 46.0 Å². The molecular weight excluding hydrogens is 220 g/mol. The van der Waals surface area contributed by atoms with Gasteiger partial charge in [-0.05, 0) is 12.1 Å². The van der Waals surface area contributed by atoms with E-state index in [1.165, 1.54) is 11.3 Å². The van der Waals surface area contributed by atoms with Crippen molar-refractivity contribution in [3.63, 3.8) is 0 Å². The molecule has 0 radical (unpaired) electrons. The smallest absolute Gasteiger partial charge is 0.147 e. The van der Waals surface area contributed by atoms with Crippen molar-refractivity contribution >= 4 is 22.9 Å². The second-order valence-corrected chi connectivity index (χ2v) is 4.01. The molecule has 0 fully saturated rings. The van der Waals surface area contributed by atoms with Gasteiger partial charge in [0, 0.05) is 5.56 Å². The van der Waals surface area contributed by atoms with Gasteiger partial charge in [-0.3, -0.25) is 0 Å². The number of aromatic hydroxyl groups is 1. The van der Waals surface area contributed by atoms with E-state index in [2.05, 4.69) is 10.2 Å². The van der Waals surface area contributed by atoms with Crippen molar-refractivity contribution in [2.75, 3.05) is 0 Å². The third kappa shape index (κ3) is 1.86. The van der Waals surface area contributed by atoms with Crippen LogP contribution in [-0.4, -0.2) is 15.3 Å². The highest BCUT2D eigenvalue weighted by molar-refractivity contribution is 7.14. The highest BCUT2D eigenvalue weighted by Gasteiger charge is 2.05. The molecule has 0 aliphatic carbocycles. The van der Waals surface area contributed by atoms with Crippen LogP contribution in [0.5, 0.6) is 5.75 Å². The predicted molar refractivity (Wildman–Crippen MR) is 56.6 cm³/mol. The zero-order chi connectivity index (χ0) is 9.97. The first-order valence-electron chi connectivity index (χ1n) is 3.97. The van der Waals surface area contributed by atoms with E-state index in [0.29, 0.717) is 5.88 Å². The fourth-order valence-corrected chi connectivity index (χ4v) is 1.97. The van der Waals surface area contributed by atoms with Crippen LogP contribution in [0, 0.1) is 0 Å². The van der Waals surface area contributed by atoms with Crippen LogP contribution in [0.1, 0.15) is 5.01 Å². The second-order valence-electron chi connectivity index (χ2n) is 2.68. The average molecular weight is 227 g/mol. The van der Waals surface area contributed by atoms with E-state index in [4.69, 9.17) is 11.6 Å². The Kier molecular flexibility index (Phi) is 2.65. The monoisotopic (exact) mass is 226 g/mol. The number of halogens is 1. The van der Waals surface area contributed by atoms with Crippen molar-refractivity contribution in [3.8, 4) is 16.3 Å². The summed E-state index contributed by atoms with van der Waals surface area (Å²) in [5.41, 5.74) is 0.860. The normalized spacial score (nSPS) is 10.4. The molecule has 1 aromatic heterocycles. The van der Waals surface area contributed by atoms with Crippen LogP contribution in [0.4, 0.5) is 0 Å². The minimum atomic E-state index is 0.227. The predicted octanol–water partition coefficient (Wildman–Crippen LogP) is 2.65. The number of benzene rings is 1. The van der Waals surface area contributed by atoms with E-state index in [-0.39, 0.29) is 5.75 Å². The minimum absolute atomic E-state index is 0.227. The van der Waals surface area contributed by atoms with E-state index < -0.39 is 0 Å². The Labute approximate surface area is 90.0 Å². The summed E-state index contributed by atoms with van der Waals surface area (Å²) in [6, 6.07) is 6.91. The number of phenolic OH excluding ortho intramolecular Hbond substituents is 1. The fourth-order valence-electron chi connectivity index (χ4n) is 1.06. The maximum absolute atomic E-state index is 9.27. The van der Waals surface area contributed by atoms with Crippen LogP contribution in [-0.2, 0) is 5.88 Å². The van der Waals surface area contributed by atoms with Crippen LogP contribution in [0.25, 0.3) is 10.6 Å². The van der Waals surface area contributed by atoms with Gasteiger partial charge in [-0.15, -0.1) is 21.8 Å². The number of nitrogens with zero attached hydrogens (tertiary/aromatic N) is 2. The number of hydrogen-bond donors (Lipinski definition) is 1. The molecule has 72 valence electrons. The van der Waals surface area contributed by atoms with Gasteiger partial charge in [0.15, 0.2) is 0 Å². The lowest BCUT2D eigenvalue weighted by molar-refractivity contribution is 0.475. The van der Waals surface area contributed by atoms with Gasteiger partial charge in [0.05, 0.1) is 5.88 Å². The molecule has 0 saturated carbocycles. The van der Waals surface area contributed by atoms with Crippen molar-refractivity contribution in [1.29, 1.82) is 0 Å². The maximum Gasteiger partial charge on any atom is 0.147 e. The van der Waals surface area contributed by atoms with Gasteiger partial charge in [-0.2, -0.15) is 0 Å². The van der Waals surface area contributed by atoms with E-state index in [0.717, 1.165) is 15.6 Å². The van der Waals surface area contributed by atoms with E-state index in [1.54, 1.807) is 18.2 Å². The zero-order valence-corrected chi connectivity index (χ0v) is 8.72. The fraction of sp³-hybridized carbons (Fsp3) is 0.111. The molecule has 0 spiro atoms. The summed E-state index contributed by atoms with van der Waals surface area (Å²) in [5, 5.41) is 18.7. The largest absolute Gasteiger partial charge is 0.508 e. The molecule has 5 heteroatoms. The van der Waals surface area contributed by atoms with Crippen LogP contribution in [0.15, 0.2) is 24.3 Å². The number of alkyl halides is 1. The molecule has 2 rings (SSSR count). The Morgan fingerprint density at radius 3 is 2.86 bits per heavy atom. The lowest BCUT2D eigenvalue weighted by Gasteiger charge is -1.94. The van der Waals surface area contributed by atoms with Crippen molar-refractivity contribution in [1.82, 2.24) is 10.2 Å². The molecule has 0 amide bonds. The number of aromatic nitrogens is 2. The lowest BCUT2D eigenvalue weighted by atomic mass is 10.2. The third-order valence-corrected chi connectivity index (χ3v) is 3.06. The molecule has 0 aliphatic heterocycles. The Balaban J connectivity index is 2.39. The number of rotatable bonds is 2. The first-order valence-corrected chi connectivity index (χ1v) is 5.32. The lowest BCUT2D eigenvalue weighted by Crippen LogP contribution is -1.76. The van der Waals surface area contributed by atoms with Gasteiger partial charge in [-0.25, -0.2) is 0 Å². The van der Waals surface area contributed by atoms with Crippen LogP contribution < -0.4 is 0 Å². The standard InChI is InChI=1S/C9H7ClN2OS/c10-5-8-11-12-9(14-8)6-2-1-3-7(13)4-6/h1-4,13H,5H2. The zero-order valence-electron chi connectivity index (χ0n) is 7.14. The van der Waals surface area contributed by atoms with Crippen molar-refractivity contribution in [2.24, 2.45) is 0 Å². The van der Waals surface area contributed by atoms with Crippen molar-refractivity contribution in [3.05, 3.63) is 29.3 Å². The highest BCUT2D eigenvalue weighted by Crippen LogP contribution is 2.26. The summed E-state index contributed by atoms with van der Waals surface area (Å²) in [4.78, 5) is 0. The average Bonchev–Trinajstić information content (AvgIpc) is 2.66. The molecule has 0 bridgehead atoms. The SMILES string of the molecule is Oc1cccc(-c2nnc(CCl)s2)c1. The molecule has 0 unspecified atom stereocenters. The van der Waals surface area contributed by atoms with Gasteiger partial charge in [0.1, 0.15) is 15.8 Å². The second kappa shape index (κ2) is 3.94. The number of phenols is 1. The van der Waals surface area contributed by atoms with Crippen LogP contribution in [0.3, 0.4) is 0 Å². The Morgan fingerprint density at radius 2 is 2.21 bits per heavy atom. The Bertz CT molecular complexity index is 444. The summed E-state index contributed by atoms with van der Waals surface area (Å²) in [6.07, 6.45) is 0. The Hall–Kier alpha value is -1.13. The molecular formula is C9H7ClN2OS. The van der Waals surface area contributed by atoms with Crippen molar-refractivity contribution < 1.29 is 5.11 Å². The maximum atomic E-state index is 9.27. The molecule has 1 aromatic carbocycles. The first kappa shape index (κ1) is 9.43. The first-order chi connectivity index (χ1) is 6.79. The molecule has 2 aromatic rings. The molecule has 0 atom stereocenters. The third-order valence-electron chi connectivity index (χ3n) is 1.67. The van der Waals surface area contributed by atoms with Gasteiger partial charge >= 0.3 is 0 Å². The minimum Gasteiger partial charge on any atom is -0.508 e. The van der Waals surface area contributed by atoms with Crippen LogP contribution >= 0.6 is 22.9 Å². The molecule has 14 heavy (non-hydrogen) atoms. The van der Waals surface area contributed by atoms with Crippen molar-refractivity contribution in [2.45, 2.75) is 5.88 Å². The quantitative estimate of drug-likeness (QED) is 0.801.